The van der Waals surface area contributed by atoms with Gasteiger partial charge >= 0.3 is 6.18 Å². The molecule has 110 valence electrons. The van der Waals surface area contributed by atoms with Crippen molar-refractivity contribution in [2.75, 3.05) is 0 Å². The number of hydrogen-bond acceptors (Lipinski definition) is 5. The number of halogens is 3. The maximum Gasteiger partial charge on any atom is 0.389 e. The van der Waals surface area contributed by atoms with Crippen LogP contribution in [0.1, 0.15) is 18.5 Å². The molecule has 6 nitrogen and oxygen atoms in total. The van der Waals surface area contributed by atoms with Crippen molar-refractivity contribution in [1.82, 2.24) is 4.98 Å². The van der Waals surface area contributed by atoms with Gasteiger partial charge < -0.3 is 0 Å². The average molecular weight is 298 g/mol. The van der Waals surface area contributed by atoms with E-state index < -0.39 is 35.8 Å². The average Bonchev–Trinajstić information content (AvgIpc) is 2.43. The molecular formula is C12H9F3N4O2. The molecule has 9 heteroatoms. The Balaban J connectivity index is 2.99. The molecule has 1 aromatic heterocycles. The minimum Gasteiger partial charge on any atom is -0.261 e. The van der Waals surface area contributed by atoms with E-state index in [0.29, 0.717) is 0 Å². The van der Waals surface area contributed by atoms with Crippen molar-refractivity contribution in [3.05, 3.63) is 34.1 Å². The van der Waals surface area contributed by atoms with Crippen LogP contribution in [0.25, 0.3) is 0 Å². The standard InChI is InChI=1S/C12H9F3N4O2/c13-12(14,15)3-2-11(7-16,8-17)6-9-5-10(19(20)21)1-4-18-9/h1,4-5H,2-3,6H2. The van der Waals surface area contributed by atoms with Crippen LogP contribution in [0.2, 0.25) is 0 Å². The van der Waals surface area contributed by atoms with Crippen LogP contribution in [0.15, 0.2) is 18.3 Å². The Morgan fingerprint density at radius 3 is 2.38 bits per heavy atom. The Morgan fingerprint density at radius 1 is 1.29 bits per heavy atom. The summed E-state index contributed by atoms with van der Waals surface area (Å²) in [5.74, 6) is 0. The SMILES string of the molecule is N#CC(C#N)(CCC(F)(F)F)Cc1cc([N+](=O)[O-])ccn1. The van der Waals surface area contributed by atoms with Crippen molar-refractivity contribution in [1.29, 1.82) is 10.5 Å². The maximum atomic E-state index is 12.2. The number of nitro groups is 1. The van der Waals surface area contributed by atoms with Crippen LogP contribution in [0.4, 0.5) is 18.9 Å². The molecule has 0 spiro atoms. The zero-order valence-electron chi connectivity index (χ0n) is 10.6. The molecule has 0 aromatic carbocycles. The predicted molar refractivity (Wildman–Crippen MR) is 63.5 cm³/mol. The van der Waals surface area contributed by atoms with E-state index in [4.69, 9.17) is 10.5 Å². The van der Waals surface area contributed by atoms with Crippen molar-refractivity contribution in [3.8, 4) is 12.1 Å². The molecule has 1 heterocycles. The highest BCUT2D eigenvalue weighted by Crippen LogP contribution is 2.33. The summed E-state index contributed by atoms with van der Waals surface area (Å²) in [6.07, 6.45) is -5.79. The fraction of sp³-hybridized carbons (Fsp3) is 0.417. The Morgan fingerprint density at radius 2 is 1.90 bits per heavy atom. The summed E-state index contributed by atoms with van der Waals surface area (Å²) in [4.78, 5) is 13.7. The van der Waals surface area contributed by atoms with E-state index >= 15 is 0 Å². The number of hydrogen-bond donors (Lipinski definition) is 0. The van der Waals surface area contributed by atoms with Crippen LogP contribution in [0.5, 0.6) is 0 Å². The molecule has 0 fully saturated rings. The summed E-state index contributed by atoms with van der Waals surface area (Å²) in [6.45, 7) is 0. The third-order valence-electron chi connectivity index (χ3n) is 2.76. The summed E-state index contributed by atoms with van der Waals surface area (Å²) in [7, 11) is 0. The molecule has 0 aliphatic carbocycles. The Bertz CT molecular complexity index is 602. The molecule has 0 aliphatic rings. The molecule has 0 saturated heterocycles. The molecule has 0 saturated carbocycles. The van der Waals surface area contributed by atoms with E-state index in [2.05, 4.69) is 4.98 Å². The van der Waals surface area contributed by atoms with Gasteiger partial charge in [0, 0.05) is 36.9 Å². The van der Waals surface area contributed by atoms with Crippen molar-refractivity contribution >= 4 is 5.69 Å². The van der Waals surface area contributed by atoms with Gasteiger partial charge in [0.2, 0.25) is 0 Å². The minimum atomic E-state index is -4.49. The van der Waals surface area contributed by atoms with Gasteiger partial charge in [-0.1, -0.05) is 0 Å². The zero-order valence-corrected chi connectivity index (χ0v) is 10.6. The Kier molecular flexibility index (Phi) is 4.82. The lowest BCUT2D eigenvalue weighted by Gasteiger charge is -2.18. The number of alkyl halides is 3. The molecule has 1 aromatic rings. The number of aromatic nitrogens is 1. The van der Waals surface area contributed by atoms with Gasteiger partial charge in [-0.3, -0.25) is 15.1 Å². The summed E-state index contributed by atoms with van der Waals surface area (Å²) >= 11 is 0. The van der Waals surface area contributed by atoms with Crippen LogP contribution >= 0.6 is 0 Å². The molecule has 0 amide bonds. The highest BCUT2D eigenvalue weighted by molar-refractivity contribution is 5.31. The lowest BCUT2D eigenvalue weighted by molar-refractivity contribution is -0.385. The van der Waals surface area contributed by atoms with Crippen LogP contribution < -0.4 is 0 Å². The van der Waals surface area contributed by atoms with Crippen molar-refractivity contribution < 1.29 is 18.1 Å². The van der Waals surface area contributed by atoms with E-state index in [0.717, 1.165) is 18.3 Å². The predicted octanol–water partition coefficient (Wildman–Crippen LogP) is 2.91. The molecule has 0 N–H and O–H groups in total. The Hall–Kier alpha value is -2.68. The summed E-state index contributed by atoms with van der Waals surface area (Å²) in [6, 6.07) is 5.28. The molecule has 0 radical (unpaired) electrons. The summed E-state index contributed by atoms with van der Waals surface area (Å²) in [5.41, 5.74) is -2.20. The monoisotopic (exact) mass is 298 g/mol. The third-order valence-corrected chi connectivity index (χ3v) is 2.76. The second-order valence-corrected chi connectivity index (χ2v) is 4.36. The highest BCUT2D eigenvalue weighted by Gasteiger charge is 2.37. The first-order valence-electron chi connectivity index (χ1n) is 5.70. The second kappa shape index (κ2) is 6.18. The van der Waals surface area contributed by atoms with Gasteiger partial charge in [-0.05, 0) is 6.42 Å². The molecule has 0 bridgehead atoms. The molecule has 0 atom stereocenters. The third kappa shape index (κ3) is 4.73. The summed E-state index contributed by atoms with van der Waals surface area (Å²) < 4.78 is 36.7. The first-order chi connectivity index (χ1) is 9.71. The fourth-order valence-electron chi connectivity index (χ4n) is 1.64. The lowest BCUT2D eigenvalue weighted by Crippen LogP contribution is -2.23. The summed E-state index contributed by atoms with van der Waals surface area (Å²) in [5, 5.41) is 28.6. The van der Waals surface area contributed by atoms with E-state index in [1.165, 1.54) is 0 Å². The van der Waals surface area contributed by atoms with Crippen molar-refractivity contribution in [2.45, 2.75) is 25.4 Å². The van der Waals surface area contributed by atoms with E-state index in [-0.39, 0.29) is 11.4 Å². The maximum absolute atomic E-state index is 12.2. The molecule has 0 aliphatic heterocycles. The number of nitriles is 2. The first kappa shape index (κ1) is 16.4. The zero-order chi connectivity index (χ0) is 16.1. The van der Waals surface area contributed by atoms with Crippen LogP contribution in [-0.4, -0.2) is 16.1 Å². The van der Waals surface area contributed by atoms with Gasteiger partial charge in [-0.15, -0.1) is 0 Å². The fourth-order valence-corrected chi connectivity index (χ4v) is 1.64. The number of pyridine rings is 1. The number of nitrogens with zero attached hydrogens (tertiary/aromatic N) is 4. The topological polar surface area (TPSA) is 104 Å². The van der Waals surface area contributed by atoms with Gasteiger partial charge in [0.1, 0.15) is 5.41 Å². The first-order valence-corrected chi connectivity index (χ1v) is 5.70. The van der Waals surface area contributed by atoms with E-state index in [9.17, 15) is 23.3 Å². The van der Waals surface area contributed by atoms with Crippen LogP contribution in [-0.2, 0) is 6.42 Å². The molecular weight excluding hydrogens is 289 g/mol. The molecule has 1 rings (SSSR count). The van der Waals surface area contributed by atoms with Gasteiger partial charge in [-0.25, -0.2) is 0 Å². The Labute approximate surface area is 117 Å². The molecule has 21 heavy (non-hydrogen) atoms. The minimum absolute atomic E-state index is 0.0227. The highest BCUT2D eigenvalue weighted by atomic mass is 19.4. The van der Waals surface area contributed by atoms with Crippen molar-refractivity contribution in [2.24, 2.45) is 5.41 Å². The van der Waals surface area contributed by atoms with Crippen molar-refractivity contribution in [3.63, 3.8) is 0 Å². The van der Waals surface area contributed by atoms with Gasteiger partial charge in [0.25, 0.3) is 5.69 Å². The normalized spacial score (nSPS) is 11.5. The van der Waals surface area contributed by atoms with Gasteiger partial charge in [-0.2, -0.15) is 23.7 Å². The largest absolute Gasteiger partial charge is 0.389 e. The van der Waals surface area contributed by atoms with Crippen LogP contribution in [0.3, 0.4) is 0 Å². The smallest absolute Gasteiger partial charge is 0.261 e. The number of rotatable bonds is 5. The van der Waals surface area contributed by atoms with Crippen LogP contribution in [0, 0.1) is 38.2 Å². The van der Waals surface area contributed by atoms with E-state index in [1.807, 2.05) is 0 Å². The quantitative estimate of drug-likeness (QED) is 0.614. The van der Waals surface area contributed by atoms with E-state index in [1.54, 1.807) is 12.1 Å². The lowest BCUT2D eigenvalue weighted by atomic mass is 9.81. The van der Waals surface area contributed by atoms with Gasteiger partial charge in [0.05, 0.1) is 17.1 Å². The van der Waals surface area contributed by atoms with Gasteiger partial charge in [0.15, 0.2) is 0 Å². The second-order valence-electron chi connectivity index (χ2n) is 4.36. The molecule has 0 unspecified atom stereocenters.